The second-order valence-electron chi connectivity index (χ2n) is 6.94. The molecule has 0 aromatic heterocycles. The van der Waals surface area contributed by atoms with Crippen molar-refractivity contribution in [3.8, 4) is 11.1 Å². The number of rotatable bonds is 1. The summed E-state index contributed by atoms with van der Waals surface area (Å²) in [5.41, 5.74) is 2.53. The lowest BCUT2D eigenvalue weighted by Gasteiger charge is -2.13. The van der Waals surface area contributed by atoms with Crippen LogP contribution in [0.4, 0.5) is 0 Å². The molecule has 0 nitrogen and oxygen atoms in total. The van der Waals surface area contributed by atoms with Crippen molar-refractivity contribution in [3.63, 3.8) is 0 Å². The minimum atomic E-state index is 1.16. The highest BCUT2D eigenvalue weighted by Gasteiger charge is 2.11. The van der Waals surface area contributed by atoms with Gasteiger partial charge in [0.05, 0.1) is 0 Å². The van der Waals surface area contributed by atoms with Crippen LogP contribution in [0, 0.1) is 6.07 Å². The third-order valence-corrected chi connectivity index (χ3v) is 5.48. The average Bonchev–Trinajstić information content (AvgIpc) is 2.71. The Balaban J connectivity index is 1.75. The van der Waals surface area contributed by atoms with Crippen LogP contribution in [0.5, 0.6) is 0 Å². The van der Waals surface area contributed by atoms with E-state index in [4.69, 9.17) is 0 Å². The van der Waals surface area contributed by atoms with Gasteiger partial charge in [-0.25, -0.2) is 0 Å². The Labute approximate surface area is 151 Å². The lowest BCUT2D eigenvalue weighted by molar-refractivity contribution is 1.69. The van der Waals surface area contributed by atoms with Gasteiger partial charge in [0.2, 0.25) is 0 Å². The van der Waals surface area contributed by atoms with Crippen LogP contribution < -0.4 is 0 Å². The van der Waals surface area contributed by atoms with Crippen LogP contribution >= 0.6 is 0 Å². The maximum absolute atomic E-state index is 3.35. The first kappa shape index (κ1) is 13.9. The van der Waals surface area contributed by atoms with Crippen molar-refractivity contribution in [3.05, 3.63) is 97.1 Å². The van der Waals surface area contributed by atoms with Crippen molar-refractivity contribution in [2.45, 2.75) is 0 Å². The van der Waals surface area contributed by atoms with Crippen molar-refractivity contribution in [1.82, 2.24) is 0 Å². The van der Waals surface area contributed by atoms with Gasteiger partial charge in [0.15, 0.2) is 0 Å². The zero-order valence-corrected chi connectivity index (χ0v) is 14.2. The van der Waals surface area contributed by atoms with Crippen LogP contribution in [-0.4, -0.2) is 0 Å². The van der Waals surface area contributed by atoms with Gasteiger partial charge < -0.3 is 0 Å². The molecule has 1 radical (unpaired) electrons. The summed E-state index contributed by atoms with van der Waals surface area (Å²) in [6.07, 6.45) is 0. The average molecular weight is 327 g/mol. The van der Waals surface area contributed by atoms with Crippen LogP contribution in [0.1, 0.15) is 0 Å². The van der Waals surface area contributed by atoms with Crippen molar-refractivity contribution in [1.29, 1.82) is 0 Å². The van der Waals surface area contributed by atoms with Gasteiger partial charge >= 0.3 is 0 Å². The highest BCUT2D eigenvalue weighted by Crippen LogP contribution is 2.38. The summed E-state index contributed by atoms with van der Waals surface area (Å²) >= 11 is 0. The van der Waals surface area contributed by atoms with E-state index in [1.807, 2.05) is 6.07 Å². The molecule has 0 aliphatic carbocycles. The monoisotopic (exact) mass is 327 g/mol. The van der Waals surface area contributed by atoms with E-state index >= 15 is 0 Å². The molecule has 6 aromatic rings. The number of hydrogen-bond acceptors (Lipinski definition) is 0. The molecular formula is C26H15. The van der Waals surface area contributed by atoms with Crippen LogP contribution in [-0.2, 0) is 0 Å². The predicted molar refractivity (Wildman–Crippen MR) is 112 cm³/mol. The van der Waals surface area contributed by atoms with Gasteiger partial charge in [0, 0.05) is 0 Å². The van der Waals surface area contributed by atoms with Gasteiger partial charge in [0.1, 0.15) is 0 Å². The Morgan fingerprint density at radius 3 is 1.96 bits per heavy atom. The van der Waals surface area contributed by atoms with Gasteiger partial charge in [-0.3, -0.25) is 0 Å². The molecule has 0 aliphatic rings. The molecule has 119 valence electrons. The number of fused-ring (bicyclic) bond motifs is 1. The molecular weight excluding hydrogens is 312 g/mol. The van der Waals surface area contributed by atoms with E-state index in [0.717, 1.165) is 5.39 Å². The smallest absolute Gasteiger partial charge is 0.00264 e. The molecule has 0 N–H and O–H groups in total. The van der Waals surface area contributed by atoms with Crippen LogP contribution in [0.3, 0.4) is 0 Å². The Bertz CT molecular complexity index is 1350. The largest absolute Gasteiger partial charge is 0.0616 e. The summed E-state index contributed by atoms with van der Waals surface area (Å²) < 4.78 is 0. The molecule has 0 spiro atoms. The van der Waals surface area contributed by atoms with Gasteiger partial charge in [0.25, 0.3) is 0 Å². The van der Waals surface area contributed by atoms with Crippen LogP contribution in [0.15, 0.2) is 91.0 Å². The fraction of sp³-hybridized carbons (Fsp3) is 0. The summed E-state index contributed by atoms with van der Waals surface area (Å²) in [6.45, 7) is 0. The molecule has 0 fully saturated rings. The summed E-state index contributed by atoms with van der Waals surface area (Å²) in [7, 11) is 0. The van der Waals surface area contributed by atoms with Gasteiger partial charge in [-0.2, -0.15) is 0 Å². The third-order valence-electron chi connectivity index (χ3n) is 5.48. The Kier molecular flexibility index (Phi) is 2.70. The predicted octanol–water partition coefficient (Wildman–Crippen LogP) is 7.20. The fourth-order valence-electron chi connectivity index (χ4n) is 4.31. The standard InChI is InChI=1S/C26H15/c1-2-9-23-17(5-1)6-4-10-24(23)22-15-20-13-11-18-7-3-8-19-12-14-21(16-22)26(20)25(18)19/h1-5,7-16H. The second-order valence-corrected chi connectivity index (χ2v) is 6.94. The first-order chi connectivity index (χ1) is 12.9. The molecule has 0 heterocycles. The quantitative estimate of drug-likeness (QED) is 0.280. The topological polar surface area (TPSA) is 0 Å². The van der Waals surface area contributed by atoms with Crippen LogP contribution in [0.2, 0.25) is 0 Å². The van der Waals surface area contributed by atoms with E-state index in [1.165, 1.54) is 48.8 Å². The molecule has 0 heteroatoms. The zero-order valence-electron chi connectivity index (χ0n) is 14.2. The van der Waals surface area contributed by atoms with Crippen molar-refractivity contribution < 1.29 is 0 Å². The number of hydrogen-bond donors (Lipinski definition) is 0. The van der Waals surface area contributed by atoms with Crippen molar-refractivity contribution in [2.75, 3.05) is 0 Å². The lowest BCUT2D eigenvalue weighted by Crippen LogP contribution is -1.86. The van der Waals surface area contributed by atoms with Gasteiger partial charge in [-0.15, -0.1) is 0 Å². The molecule has 0 saturated heterocycles. The summed E-state index contributed by atoms with van der Waals surface area (Å²) in [5.74, 6) is 0. The SMILES string of the molecule is [c]1ccc(-c2cc3ccc4cccc5ccc(c2)c3c45)c2ccccc12. The van der Waals surface area contributed by atoms with Crippen molar-refractivity contribution in [2.24, 2.45) is 0 Å². The summed E-state index contributed by atoms with van der Waals surface area (Å²) in [5, 5.41) is 10.4. The first-order valence-corrected chi connectivity index (χ1v) is 8.96. The van der Waals surface area contributed by atoms with E-state index in [-0.39, 0.29) is 0 Å². The van der Waals surface area contributed by atoms with E-state index < -0.39 is 0 Å². The number of benzene rings is 6. The van der Waals surface area contributed by atoms with Gasteiger partial charge in [-0.1, -0.05) is 78.9 Å². The second kappa shape index (κ2) is 5.06. The Morgan fingerprint density at radius 1 is 0.538 bits per heavy atom. The van der Waals surface area contributed by atoms with E-state index in [1.54, 1.807) is 0 Å². The minimum absolute atomic E-state index is 1.16. The molecule has 0 aliphatic heterocycles. The zero-order chi connectivity index (χ0) is 17.1. The maximum atomic E-state index is 3.35. The molecule has 26 heavy (non-hydrogen) atoms. The normalized spacial score (nSPS) is 11.8. The van der Waals surface area contributed by atoms with E-state index in [0.29, 0.717) is 0 Å². The van der Waals surface area contributed by atoms with Gasteiger partial charge in [-0.05, 0) is 72.4 Å². The van der Waals surface area contributed by atoms with Crippen molar-refractivity contribution >= 4 is 43.1 Å². The minimum Gasteiger partial charge on any atom is -0.0616 e. The molecule has 0 unspecified atom stereocenters. The van der Waals surface area contributed by atoms with E-state index in [2.05, 4.69) is 91.0 Å². The maximum Gasteiger partial charge on any atom is -0.00264 e. The lowest BCUT2D eigenvalue weighted by atomic mass is 9.90. The Morgan fingerprint density at radius 2 is 1.19 bits per heavy atom. The molecule has 6 aromatic carbocycles. The van der Waals surface area contributed by atoms with E-state index in [9.17, 15) is 0 Å². The molecule has 0 bridgehead atoms. The summed E-state index contributed by atoms with van der Waals surface area (Å²) in [4.78, 5) is 0. The molecule has 0 amide bonds. The molecule has 6 rings (SSSR count). The molecule has 0 atom stereocenters. The molecule has 0 saturated carbocycles. The third kappa shape index (κ3) is 1.84. The highest BCUT2D eigenvalue weighted by molar-refractivity contribution is 6.24. The Hall–Kier alpha value is -3.38. The van der Waals surface area contributed by atoms with Crippen LogP contribution in [0.25, 0.3) is 54.2 Å². The highest BCUT2D eigenvalue weighted by atomic mass is 14.1. The summed E-state index contributed by atoms with van der Waals surface area (Å²) in [6, 6.07) is 36.2. The first-order valence-electron chi connectivity index (χ1n) is 8.96. The fourth-order valence-corrected chi connectivity index (χ4v) is 4.31.